The zero-order valence-electron chi connectivity index (χ0n) is 13.4. The minimum absolute atomic E-state index is 0. The fraction of sp³-hybridized carbons (Fsp3) is 0.412. The smallest absolute Gasteiger partial charge is 0.309 e. The SMILES string of the molecule is CNC1(C(CC(=O)O)C(=O)O)CCCc2c1[nH]c1ccccc21.O. The lowest BCUT2D eigenvalue weighted by Gasteiger charge is -2.41. The lowest BCUT2D eigenvalue weighted by molar-refractivity contribution is -0.152. The van der Waals surface area contributed by atoms with Gasteiger partial charge in [-0.15, -0.1) is 0 Å². The monoisotopic (exact) mass is 334 g/mol. The van der Waals surface area contributed by atoms with Gasteiger partial charge in [-0.3, -0.25) is 9.59 Å². The quantitative estimate of drug-likeness (QED) is 0.653. The van der Waals surface area contributed by atoms with Crippen molar-refractivity contribution in [3.63, 3.8) is 0 Å². The minimum Gasteiger partial charge on any atom is -0.481 e. The molecule has 2 unspecified atom stereocenters. The topological polar surface area (TPSA) is 134 Å². The molecule has 1 aromatic carbocycles. The lowest BCUT2D eigenvalue weighted by Crippen LogP contribution is -2.52. The molecule has 24 heavy (non-hydrogen) atoms. The highest BCUT2D eigenvalue weighted by molar-refractivity contribution is 5.86. The molecule has 0 bridgehead atoms. The molecule has 1 aliphatic carbocycles. The standard InChI is InChI=1S/C17H20N2O4.H2O/c1-18-17(12(16(22)23)9-14(20)21)8-4-6-11-10-5-2-3-7-13(10)19-15(11)17;/h2-3,5,7,12,18-19H,4,6,8-9H2,1H3,(H,20,21)(H,22,23);1H2. The molecule has 0 radical (unpaired) electrons. The van der Waals surface area contributed by atoms with E-state index in [-0.39, 0.29) is 5.48 Å². The van der Waals surface area contributed by atoms with E-state index in [0.717, 1.165) is 35.0 Å². The molecule has 0 amide bonds. The summed E-state index contributed by atoms with van der Waals surface area (Å²) < 4.78 is 0. The highest BCUT2D eigenvalue weighted by Gasteiger charge is 2.48. The van der Waals surface area contributed by atoms with Crippen LogP contribution < -0.4 is 5.32 Å². The summed E-state index contributed by atoms with van der Waals surface area (Å²) in [5.41, 5.74) is 1.98. The Bertz CT molecular complexity index is 769. The van der Waals surface area contributed by atoms with Gasteiger partial charge >= 0.3 is 11.9 Å². The molecule has 0 spiro atoms. The fourth-order valence-corrected chi connectivity index (χ4v) is 3.93. The average molecular weight is 334 g/mol. The van der Waals surface area contributed by atoms with Crippen molar-refractivity contribution >= 4 is 22.8 Å². The van der Waals surface area contributed by atoms with E-state index in [1.807, 2.05) is 24.3 Å². The number of H-pyrrole nitrogens is 1. The molecule has 2 atom stereocenters. The first-order chi connectivity index (χ1) is 11.0. The number of aromatic nitrogens is 1. The number of nitrogens with one attached hydrogen (secondary N) is 2. The number of carbonyl (C=O) groups is 2. The van der Waals surface area contributed by atoms with Crippen LogP contribution in [0, 0.1) is 5.92 Å². The number of para-hydroxylation sites is 1. The van der Waals surface area contributed by atoms with Crippen molar-refractivity contribution < 1.29 is 25.3 Å². The van der Waals surface area contributed by atoms with Gasteiger partial charge in [0.1, 0.15) is 0 Å². The van der Waals surface area contributed by atoms with Gasteiger partial charge in [0.05, 0.1) is 17.9 Å². The van der Waals surface area contributed by atoms with Crippen molar-refractivity contribution in [1.82, 2.24) is 10.3 Å². The van der Waals surface area contributed by atoms with Crippen LogP contribution in [0.4, 0.5) is 0 Å². The molecular formula is C17H22N2O5. The first-order valence-corrected chi connectivity index (χ1v) is 7.73. The first-order valence-electron chi connectivity index (χ1n) is 7.73. The maximum absolute atomic E-state index is 11.8. The number of benzene rings is 1. The molecule has 7 heteroatoms. The maximum atomic E-state index is 11.8. The molecule has 6 N–H and O–H groups in total. The molecule has 0 saturated heterocycles. The Morgan fingerprint density at radius 1 is 1.33 bits per heavy atom. The first kappa shape index (κ1) is 18.0. The van der Waals surface area contributed by atoms with Gasteiger partial charge in [0.2, 0.25) is 0 Å². The zero-order chi connectivity index (χ0) is 16.6. The van der Waals surface area contributed by atoms with E-state index in [1.165, 1.54) is 0 Å². The van der Waals surface area contributed by atoms with Crippen LogP contribution in [0.1, 0.15) is 30.5 Å². The number of aryl methyl sites for hydroxylation is 1. The number of aliphatic carboxylic acids is 2. The molecule has 0 saturated carbocycles. The van der Waals surface area contributed by atoms with Crippen molar-refractivity contribution in [2.75, 3.05) is 7.05 Å². The Labute approximate surface area is 139 Å². The van der Waals surface area contributed by atoms with Gasteiger partial charge in [0.15, 0.2) is 0 Å². The number of carboxylic acids is 2. The normalized spacial score (nSPS) is 20.9. The number of carboxylic acid groups (broad SMARTS) is 2. The maximum Gasteiger partial charge on any atom is 0.309 e. The van der Waals surface area contributed by atoms with Gasteiger partial charge < -0.3 is 26.0 Å². The zero-order valence-corrected chi connectivity index (χ0v) is 13.4. The number of hydrogen-bond donors (Lipinski definition) is 4. The van der Waals surface area contributed by atoms with E-state index < -0.39 is 29.8 Å². The van der Waals surface area contributed by atoms with Gasteiger partial charge in [-0.25, -0.2) is 0 Å². The molecule has 1 heterocycles. The third-order valence-electron chi connectivity index (χ3n) is 4.98. The fourth-order valence-electron chi connectivity index (χ4n) is 3.93. The van der Waals surface area contributed by atoms with E-state index in [9.17, 15) is 14.7 Å². The van der Waals surface area contributed by atoms with Crippen molar-refractivity contribution in [2.24, 2.45) is 5.92 Å². The number of hydrogen-bond acceptors (Lipinski definition) is 3. The van der Waals surface area contributed by atoms with Gasteiger partial charge in [-0.05, 0) is 37.9 Å². The summed E-state index contributed by atoms with van der Waals surface area (Å²) in [7, 11) is 1.71. The second kappa shape index (κ2) is 6.62. The summed E-state index contributed by atoms with van der Waals surface area (Å²) in [4.78, 5) is 26.4. The Morgan fingerprint density at radius 3 is 2.67 bits per heavy atom. The van der Waals surface area contributed by atoms with Crippen LogP contribution in [0.3, 0.4) is 0 Å². The number of fused-ring (bicyclic) bond motifs is 3. The van der Waals surface area contributed by atoms with Crippen molar-refractivity contribution in [1.29, 1.82) is 0 Å². The predicted molar refractivity (Wildman–Crippen MR) is 89.0 cm³/mol. The van der Waals surface area contributed by atoms with Gasteiger partial charge in [0.25, 0.3) is 0 Å². The lowest BCUT2D eigenvalue weighted by atomic mass is 9.70. The Balaban J connectivity index is 0.00000208. The van der Waals surface area contributed by atoms with E-state index in [1.54, 1.807) is 7.05 Å². The van der Waals surface area contributed by atoms with Crippen LogP contribution >= 0.6 is 0 Å². The molecule has 0 fully saturated rings. The molecule has 1 aromatic heterocycles. The second-order valence-electron chi connectivity index (χ2n) is 6.09. The van der Waals surface area contributed by atoms with Crippen LogP contribution in [0.25, 0.3) is 10.9 Å². The third kappa shape index (κ3) is 2.65. The van der Waals surface area contributed by atoms with Crippen molar-refractivity contribution in [2.45, 2.75) is 31.2 Å². The van der Waals surface area contributed by atoms with Crippen molar-refractivity contribution in [3.8, 4) is 0 Å². The summed E-state index contributed by atoms with van der Waals surface area (Å²) in [5.74, 6) is -3.22. The summed E-state index contributed by atoms with van der Waals surface area (Å²) in [6, 6.07) is 7.86. The van der Waals surface area contributed by atoms with Gasteiger partial charge in [-0.1, -0.05) is 18.2 Å². The summed E-state index contributed by atoms with van der Waals surface area (Å²) in [6.07, 6.45) is 1.86. The Hall–Kier alpha value is -2.38. The van der Waals surface area contributed by atoms with E-state index >= 15 is 0 Å². The van der Waals surface area contributed by atoms with Crippen LogP contribution in [0.2, 0.25) is 0 Å². The molecule has 2 aromatic rings. The molecule has 0 aliphatic heterocycles. The molecule has 3 rings (SSSR count). The molecular weight excluding hydrogens is 312 g/mol. The molecule has 130 valence electrons. The predicted octanol–water partition coefficient (Wildman–Crippen LogP) is 1.27. The molecule has 7 nitrogen and oxygen atoms in total. The van der Waals surface area contributed by atoms with E-state index in [4.69, 9.17) is 5.11 Å². The minimum atomic E-state index is -1.10. The van der Waals surface area contributed by atoms with Crippen LogP contribution in [-0.2, 0) is 21.5 Å². The second-order valence-corrected chi connectivity index (χ2v) is 6.09. The Morgan fingerprint density at radius 2 is 2.04 bits per heavy atom. The highest BCUT2D eigenvalue weighted by Crippen LogP contribution is 2.44. The summed E-state index contributed by atoms with van der Waals surface area (Å²) in [6.45, 7) is 0. The van der Waals surface area contributed by atoms with E-state index in [2.05, 4.69) is 10.3 Å². The summed E-state index contributed by atoms with van der Waals surface area (Å²) in [5, 5.41) is 23.0. The van der Waals surface area contributed by atoms with Crippen LogP contribution in [0.15, 0.2) is 24.3 Å². The van der Waals surface area contributed by atoms with Gasteiger partial charge in [-0.2, -0.15) is 0 Å². The highest BCUT2D eigenvalue weighted by atomic mass is 16.4. The van der Waals surface area contributed by atoms with Crippen LogP contribution in [-0.4, -0.2) is 39.7 Å². The van der Waals surface area contributed by atoms with Crippen LogP contribution in [0.5, 0.6) is 0 Å². The van der Waals surface area contributed by atoms with E-state index in [0.29, 0.717) is 6.42 Å². The summed E-state index contributed by atoms with van der Waals surface area (Å²) >= 11 is 0. The van der Waals surface area contributed by atoms with Crippen molar-refractivity contribution in [3.05, 3.63) is 35.5 Å². The number of rotatable bonds is 5. The van der Waals surface area contributed by atoms with Gasteiger partial charge in [0, 0.05) is 16.6 Å². The molecule has 1 aliphatic rings. The third-order valence-corrected chi connectivity index (χ3v) is 4.98. The largest absolute Gasteiger partial charge is 0.481 e. The number of aromatic amines is 1. The average Bonchev–Trinajstić information content (AvgIpc) is 2.91. The Kier molecular flexibility index (Phi) is 4.96.